The first-order chi connectivity index (χ1) is 16.4. The van der Waals surface area contributed by atoms with Crippen LogP contribution in [0.5, 0.6) is 0 Å². The molecule has 184 valence electrons. The molecule has 8 heteroatoms. The van der Waals surface area contributed by atoms with Crippen molar-refractivity contribution in [3.8, 4) is 0 Å². The summed E-state index contributed by atoms with van der Waals surface area (Å²) in [5.74, 6) is -0.515. The van der Waals surface area contributed by atoms with Crippen LogP contribution in [0.4, 0.5) is 0 Å². The SMILES string of the molecule is O=C(NCc1ccccc1CN1CCCCC1)[C@@H]1CCCN(S(=O)(=O)Cc2cccc(Cl)c2)C1. The van der Waals surface area contributed by atoms with Gasteiger partial charge in [-0.2, -0.15) is 0 Å². The molecule has 2 saturated heterocycles. The van der Waals surface area contributed by atoms with Crippen LogP contribution in [0.3, 0.4) is 0 Å². The Morgan fingerprint density at radius 2 is 1.74 bits per heavy atom. The number of hydrogen-bond acceptors (Lipinski definition) is 4. The second kappa shape index (κ2) is 11.7. The second-order valence-electron chi connectivity index (χ2n) is 9.41. The molecule has 1 amide bonds. The minimum atomic E-state index is -3.52. The fourth-order valence-corrected chi connectivity index (χ4v) is 6.72. The zero-order valence-corrected chi connectivity index (χ0v) is 21.2. The zero-order valence-electron chi connectivity index (χ0n) is 19.6. The van der Waals surface area contributed by atoms with Crippen LogP contribution in [0.2, 0.25) is 5.02 Å². The van der Waals surface area contributed by atoms with Gasteiger partial charge in [0.15, 0.2) is 0 Å². The lowest BCUT2D eigenvalue weighted by molar-refractivity contribution is -0.126. The van der Waals surface area contributed by atoms with Crippen molar-refractivity contribution in [2.45, 2.75) is 50.9 Å². The van der Waals surface area contributed by atoms with Crippen LogP contribution in [0.25, 0.3) is 0 Å². The Labute approximate surface area is 208 Å². The normalized spacial score (nSPS) is 20.2. The van der Waals surface area contributed by atoms with Gasteiger partial charge in [-0.05, 0) is 67.6 Å². The highest BCUT2D eigenvalue weighted by Gasteiger charge is 2.32. The summed E-state index contributed by atoms with van der Waals surface area (Å²) in [7, 11) is -3.52. The number of nitrogens with one attached hydrogen (secondary N) is 1. The van der Waals surface area contributed by atoms with Crippen LogP contribution in [0.15, 0.2) is 48.5 Å². The van der Waals surface area contributed by atoms with E-state index < -0.39 is 10.0 Å². The summed E-state index contributed by atoms with van der Waals surface area (Å²) in [5.41, 5.74) is 3.03. The number of piperidine rings is 2. The van der Waals surface area contributed by atoms with E-state index in [1.165, 1.54) is 29.1 Å². The van der Waals surface area contributed by atoms with Crippen molar-refractivity contribution in [3.63, 3.8) is 0 Å². The van der Waals surface area contributed by atoms with E-state index in [9.17, 15) is 13.2 Å². The number of amides is 1. The molecule has 0 radical (unpaired) electrons. The lowest BCUT2D eigenvalue weighted by Crippen LogP contribution is -2.45. The number of rotatable bonds is 8. The van der Waals surface area contributed by atoms with Crippen molar-refractivity contribution in [1.29, 1.82) is 0 Å². The quantitative estimate of drug-likeness (QED) is 0.586. The standard InChI is InChI=1S/C26H34ClN3O3S/c27-25-12-6-8-21(16-25)20-34(32,33)30-15-7-11-24(19-30)26(31)28-17-22-9-2-3-10-23(22)18-29-13-4-1-5-14-29/h2-3,6,8-10,12,16,24H,1,4-5,7,11,13-15,17-20H2,(H,28,31)/t24-/m1/s1. The minimum Gasteiger partial charge on any atom is -0.352 e. The van der Waals surface area contributed by atoms with Crippen LogP contribution >= 0.6 is 11.6 Å². The highest BCUT2D eigenvalue weighted by Crippen LogP contribution is 2.23. The smallest absolute Gasteiger partial charge is 0.224 e. The maximum absolute atomic E-state index is 13.0. The fourth-order valence-electron chi connectivity index (χ4n) is 4.91. The molecule has 2 aromatic carbocycles. The Morgan fingerprint density at radius 1 is 0.971 bits per heavy atom. The van der Waals surface area contributed by atoms with E-state index in [2.05, 4.69) is 22.3 Å². The van der Waals surface area contributed by atoms with Gasteiger partial charge in [-0.1, -0.05) is 54.4 Å². The molecule has 0 spiro atoms. The maximum Gasteiger partial charge on any atom is 0.224 e. The summed E-state index contributed by atoms with van der Waals surface area (Å²) in [6.45, 7) is 4.31. The van der Waals surface area contributed by atoms with Gasteiger partial charge in [0.05, 0.1) is 11.7 Å². The van der Waals surface area contributed by atoms with Gasteiger partial charge in [-0.25, -0.2) is 12.7 Å². The van der Waals surface area contributed by atoms with E-state index >= 15 is 0 Å². The van der Waals surface area contributed by atoms with Crippen molar-refractivity contribution < 1.29 is 13.2 Å². The Bertz CT molecular complexity index is 1090. The molecule has 1 atom stereocenters. The molecule has 2 heterocycles. The van der Waals surface area contributed by atoms with Gasteiger partial charge in [0.25, 0.3) is 0 Å². The van der Waals surface area contributed by atoms with E-state index in [0.717, 1.165) is 25.2 Å². The van der Waals surface area contributed by atoms with Crippen molar-refractivity contribution in [2.24, 2.45) is 5.92 Å². The highest BCUT2D eigenvalue weighted by atomic mass is 35.5. The Hall–Kier alpha value is -1.93. The predicted octanol–water partition coefficient (Wildman–Crippen LogP) is 4.18. The molecule has 6 nitrogen and oxygen atoms in total. The average Bonchev–Trinajstić information content (AvgIpc) is 2.84. The molecule has 0 aromatic heterocycles. The fraction of sp³-hybridized carbons (Fsp3) is 0.500. The molecule has 2 aromatic rings. The lowest BCUT2D eigenvalue weighted by atomic mass is 9.98. The molecule has 2 fully saturated rings. The highest BCUT2D eigenvalue weighted by molar-refractivity contribution is 7.88. The number of halogens is 1. The van der Waals surface area contributed by atoms with Crippen LogP contribution in [-0.2, 0) is 33.7 Å². The van der Waals surface area contributed by atoms with Gasteiger partial charge in [-0.15, -0.1) is 0 Å². The van der Waals surface area contributed by atoms with Gasteiger partial charge in [0, 0.05) is 31.2 Å². The Kier molecular flexibility index (Phi) is 8.64. The number of carbonyl (C=O) groups excluding carboxylic acids is 1. The topological polar surface area (TPSA) is 69.7 Å². The number of likely N-dealkylation sites (tertiary alicyclic amines) is 1. The molecule has 0 bridgehead atoms. The monoisotopic (exact) mass is 503 g/mol. The molecule has 1 N–H and O–H groups in total. The molecule has 4 rings (SSSR count). The summed E-state index contributed by atoms with van der Waals surface area (Å²) < 4.78 is 27.5. The predicted molar refractivity (Wildman–Crippen MR) is 136 cm³/mol. The van der Waals surface area contributed by atoms with Crippen molar-refractivity contribution in [3.05, 3.63) is 70.2 Å². The van der Waals surface area contributed by atoms with Crippen LogP contribution in [0, 0.1) is 5.92 Å². The molecular weight excluding hydrogens is 470 g/mol. The third kappa shape index (κ3) is 6.81. The van der Waals surface area contributed by atoms with Crippen LogP contribution in [0.1, 0.15) is 48.8 Å². The molecule has 2 aliphatic heterocycles. The third-order valence-corrected chi connectivity index (χ3v) is 8.85. The van der Waals surface area contributed by atoms with E-state index in [1.54, 1.807) is 24.3 Å². The van der Waals surface area contributed by atoms with E-state index in [0.29, 0.717) is 36.5 Å². The molecule has 34 heavy (non-hydrogen) atoms. The van der Waals surface area contributed by atoms with Gasteiger partial charge in [-0.3, -0.25) is 9.69 Å². The summed E-state index contributed by atoms with van der Waals surface area (Å²) in [6, 6.07) is 15.2. The van der Waals surface area contributed by atoms with E-state index in [1.807, 2.05) is 12.1 Å². The molecular formula is C26H34ClN3O3S. The lowest BCUT2D eigenvalue weighted by Gasteiger charge is -2.31. The zero-order chi connectivity index (χ0) is 24.0. The summed E-state index contributed by atoms with van der Waals surface area (Å²) in [4.78, 5) is 15.5. The van der Waals surface area contributed by atoms with Crippen LogP contribution in [-0.4, -0.2) is 49.7 Å². The van der Waals surface area contributed by atoms with E-state index in [-0.39, 0.29) is 24.1 Å². The first-order valence-corrected chi connectivity index (χ1v) is 14.2. The van der Waals surface area contributed by atoms with Crippen molar-refractivity contribution in [2.75, 3.05) is 26.2 Å². The Balaban J connectivity index is 1.34. The third-order valence-electron chi connectivity index (χ3n) is 6.80. The summed E-state index contributed by atoms with van der Waals surface area (Å²) >= 11 is 6.01. The number of nitrogens with zero attached hydrogens (tertiary/aromatic N) is 2. The number of hydrogen-bond donors (Lipinski definition) is 1. The molecule has 0 unspecified atom stereocenters. The summed E-state index contributed by atoms with van der Waals surface area (Å²) in [5, 5.41) is 3.60. The number of benzene rings is 2. The van der Waals surface area contributed by atoms with E-state index in [4.69, 9.17) is 11.6 Å². The first kappa shape index (κ1) is 25.2. The van der Waals surface area contributed by atoms with Gasteiger partial charge in [0.1, 0.15) is 0 Å². The first-order valence-electron chi connectivity index (χ1n) is 12.2. The van der Waals surface area contributed by atoms with Crippen molar-refractivity contribution >= 4 is 27.5 Å². The second-order valence-corrected chi connectivity index (χ2v) is 11.8. The Morgan fingerprint density at radius 3 is 2.50 bits per heavy atom. The maximum atomic E-state index is 13.0. The number of carbonyl (C=O) groups is 1. The minimum absolute atomic E-state index is 0.0737. The largest absolute Gasteiger partial charge is 0.352 e. The van der Waals surface area contributed by atoms with Gasteiger partial charge < -0.3 is 5.32 Å². The molecule has 0 saturated carbocycles. The van der Waals surface area contributed by atoms with Gasteiger partial charge >= 0.3 is 0 Å². The van der Waals surface area contributed by atoms with Crippen LogP contribution < -0.4 is 5.32 Å². The average molecular weight is 504 g/mol. The van der Waals surface area contributed by atoms with Gasteiger partial charge in [0.2, 0.25) is 15.9 Å². The molecule has 0 aliphatic carbocycles. The number of sulfonamides is 1. The molecule has 2 aliphatic rings. The van der Waals surface area contributed by atoms with Crippen molar-refractivity contribution in [1.82, 2.24) is 14.5 Å². The summed E-state index contributed by atoms with van der Waals surface area (Å²) in [6.07, 6.45) is 5.18.